The Morgan fingerprint density at radius 3 is 2.60 bits per heavy atom. The lowest BCUT2D eigenvalue weighted by atomic mass is 9.83. The number of cyclic esters (lactones) is 1. The van der Waals surface area contributed by atoms with Crippen LogP contribution in [0.15, 0.2) is 41.7 Å². The molecule has 1 aromatic carbocycles. The largest absolute Gasteiger partial charge is 0.759 e. The minimum absolute atomic E-state index is 0.132. The summed E-state index contributed by atoms with van der Waals surface area (Å²) in [5, 5.41) is 18.7. The fourth-order valence-electron chi connectivity index (χ4n) is 3.82. The van der Waals surface area contributed by atoms with Crippen molar-refractivity contribution in [3.8, 4) is 0 Å². The lowest BCUT2D eigenvalue weighted by Crippen LogP contribution is -2.58. The number of alkyl halides is 1. The number of hydrogen-bond acceptors (Lipinski definition) is 11. The number of pyridine rings is 1. The van der Waals surface area contributed by atoms with Gasteiger partial charge < -0.3 is 29.1 Å². The standard InChI is InChI=1S/C21H22FN3O5.H2O4S/c1-12(2)20(19(27)24-16-9-17(26)29-21(16,28)11-22)10-15(25-30-20)18-14-6-4-3-5-13(14)7-8-23-18;1-5(2,3)4/h3-8,12,16,28H,9-11H2,1-2H3,(H,24,27);(H2,1,2,3,4)/p-2/t16-,20+,21+;/m0./s1. The van der Waals surface area contributed by atoms with Crippen molar-refractivity contribution in [1.82, 2.24) is 10.3 Å². The molecule has 2 aromatic rings. The molecule has 3 heterocycles. The molecular formula is C21H22FN3O9S-2. The van der Waals surface area contributed by atoms with Crippen LogP contribution in [-0.2, 0) is 29.6 Å². The number of ether oxygens (including phenoxy) is 1. The van der Waals surface area contributed by atoms with Gasteiger partial charge in [-0.1, -0.05) is 43.3 Å². The van der Waals surface area contributed by atoms with Gasteiger partial charge in [0.25, 0.3) is 11.7 Å². The predicted octanol–water partition coefficient (Wildman–Crippen LogP) is 0.506. The van der Waals surface area contributed by atoms with Gasteiger partial charge >= 0.3 is 5.97 Å². The summed E-state index contributed by atoms with van der Waals surface area (Å²) < 4.78 is 52.0. The average Bonchev–Trinajstić information content (AvgIpc) is 3.35. The monoisotopic (exact) mass is 511 g/mol. The normalized spacial score (nSPS) is 26.0. The number of oxime groups is 1. The fraction of sp³-hybridized carbons (Fsp3) is 0.429. The van der Waals surface area contributed by atoms with Crippen molar-refractivity contribution in [2.45, 2.75) is 44.1 Å². The third kappa shape index (κ3) is 5.73. The summed E-state index contributed by atoms with van der Waals surface area (Å²) in [6.07, 6.45) is 1.46. The van der Waals surface area contributed by atoms with E-state index in [1.807, 2.05) is 30.3 Å². The first-order valence-electron chi connectivity index (χ1n) is 10.4. The quantitative estimate of drug-likeness (QED) is 0.325. The molecule has 14 heteroatoms. The van der Waals surface area contributed by atoms with Gasteiger partial charge in [0.05, 0.1) is 12.1 Å². The van der Waals surface area contributed by atoms with E-state index in [9.17, 15) is 19.1 Å². The molecule has 190 valence electrons. The van der Waals surface area contributed by atoms with Crippen molar-refractivity contribution < 1.29 is 46.2 Å². The second-order valence-electron chi connectivity index (χ2n) is 8.32. The van der Waals surface area contributed by atoms with Gasteiger partial charge in [-0.25, -0.2) is 4.39 Å². The molecule has 1 fully saturated rings. The molecule has 0 radical (unpaired) electrons. The molecule has 35 heavy (non-hydrogen) atoms. The summed E-state index contributed by atoms with van der Waals surface area (Å²) >= 11 is 0. The van der Waals surface area contributed by atoms with Crippen LogP contribution in [0.3, 0.4) is 0 Å². The zero-order valence-corrected chi connectivity index (χ0v) is 19.5. The minimum atomic E-state index is -5.17. The number of fused-ring (bicyclic) bond motifs is 1. The summed E-state index contributed by atoms with van der Waals surface area (Å²) in [6, 6.07) is 8.34. The Balaban J connectivity index is 0.000000623. The Morgan fingerprint density at radius 2 is 1.97 bits per heavy atom. The van der Waals surface area contributed by atoms with Crippen LogP contribution < -0.4 is 5.32 Å². The predicted molar refractivity (Wildman–Crippen MR) is 116 cm³/mol. The van der Waals surface area contributed by atoms with Gasteiger partial charge in [-0.15, -0.1) is 0 Å². The molecule has 3 atom stereocenters. The molecule has 0 unspecified atom stereocenters. The number of carbonyl (C=O) groups is 2. The molecule has 0 bridgehead atoms. The smallest absolute Gasteiger partial charge is 0.310 e. The molecule has 2 N–H and O–H groups in total. The third-order valence-corrected chi connectivity index (χ3v) is 5.72. The van der Waals surface area contributed by atoms with Crippen LogP contribution in [-0.4, -0.2) is 69.3 Å². The van der Waals surface area contributed by atoms with Crippen LogP contribution in [0.1, 0.15) is 32.4 Å². The number of amides is 1. The van der Waals surface area contributed by atoms with Crippen LogP contribution in [0.4, 0.5) is 4.39 Å². The molecule has 4 rings (SSSR count). The Morgan fingerprint density at radius 1 is 1.31 bits per heavy atom. The molecule has 1 aromatic heterocycles. The fourth-order valence-corrected chi connectivity index (χ4v) is 3.82. The summed E-state index contributed by atoms with van der Waals surface area (Å²) in [5.41, 5.74) is -0.269. The number of esters is 1. The molecule has 0 spiro atoms. The summed E-state index contributed by atoms with van der Waals surface area (Å²) in [7, 11) is -5.17. The second kappa shape index (κ2) is 9.81. The summed E-state index contributed by atoms with van der Waals surface area (Å²) in [5.74, 6) is -4.09. The van der Waals surface area contributed by atoms with E-state index >= 15 is 0 Å². The number of aliphatic hydroxyl groups is 1. The Kier molecular flexibility index (Phi) is 7.40. The van der Waals surface area contributed by atoms with Crippen LogP contribution in [0.5, 0.6) is 0 Å². The number of aromatic nitrogens is 1. The maximum absolute atomic E-state index is 13.3. The number of benzene rings is 1. The van der Waals surface area contributed by atoms with Crippen molar-refractivity contribution in [1.29, 1.82) is 0 Å². The van der Waals surface area contributed by atoms with Crippen molar-refractivity contribution in [2.75, 3.05) is 6.67 Å². The third-order valence-electron chi connectivity index (χ3n) is 5.72. The van der Waals surface area contributed by atoms with E-state index < -0.39 is 46.4 Å². The highest BCUT2D eigenvalue weighted by Gasteiger charge is 2.55. The zero-order valence-electron chi connectivity index (χ0n) is 18.6. The Hall–Kier alpha value is -3.20. The highest BCUT2D eigenvalue weighted by atomic mass is 32.3. The minimum Gasteiger partial charge on any atom is -0.759 e. The first kappa shape index (κ1) is 26.4. The van der Waals surface area contributed by atoms with Crippen molar-refractivity contribution in [3.05, 3.63) is 42.2 Å². The Bertz CT molecular complexity index is 1260. The number of hydrogen-bond donors (Lipinski definition) is 2. The summed E-state index contributed by atoms with van der Waals surface area (Å²) in [4.78, 5) is 34.8. The van der Waals surface area contributed by atoms with Gasteiger partial charge in [-0.2, -0.15) is 0 Å². The van der Waals surface area contributed by atoms with Crippen LogP contribution in [0, 0.1) is 5.92 Å². The van der Waals surface area contributed by atoms with Crippen LogP contribution in [0.25, 0.3) is 10.8 Å². The van der Waals surface area contributed by atoms with Gasteiger partial charge in [-0.3, -0.25) is 23.0 Å². The van der Waals surface area contributed by atoms with Gasteiger partial charge in [0.15, 0.2) is 6.67 Å². The molecule has 1 saturated heterocycles. The molecule has 0 saturated carbocycles. The van der Waals surface area contributed by atoms with Gasteiger partial charge in [0.1, 0.15) is 11.8 Å². The number of rotatable bonds is 5. The van der Waals surface area contributed by atoms with E-state index in [1.54, 1.807) is 20.0 Å². The molecule has 1 amide bonds. The molecule has 12 nitrogen and oxygen atoms in total. The first-order valence-corrected chi connectivity index (χ1v) is 11.7. The van der Waals surface area contributed by atoms with E-state index in [1.165, 1.54) is 0 Å². The van der Waals surface area contributed by atoms with E-state index in [2.05, 4.69) is 20.2 Å². The maximum atomic E-state index is 13.3. The number of nitrogens with zero attached hydrogens (tertiary/aromatic N) is 2. The molecule has 2 aliphatic heterocycles. The topological polar surface area (TPSA) is 190 Å². The first-order chi connectivity index (χ1) is 16.3. The maximum Gasteiger partial charge on any atom is 0.310 e. The molecular weight excluding hydrogens is 489 g/mol. The van der Waals surface area contributed by atoms with Crippen LogP contribution >= 0.6 is 0 Å². The highest BCUT2D eigenvalue weighted by molar-refractivity contribution is 7.79. The van der Waals surface area contributed by atoms with E-state index in [4.69, 9.17) is 22.4 Å². The highest BCUT2D eigenvalue weighted by Crippen LogP contribution is 2.36. The lowest BCUT2D eigenvalue weighted by Gasteiger charge is -2.32. The number of nitrogens with one attached hydrogen (secondary N) is 1. The van der Waals surface area contributed by atoms with Gasteiger partial charge in [-0.05, 0) is 11.5 Å². The SMILES string of the molecule is CC(C)[C@@]1(C(=O)N[C@H]2CC(=O)O[C@]2(O)CF)CC(c2nccc3ccccc23)=NO1.O=S(=O)([O-])[O-]. The van der Waals surface area contributed by atoms with Gasteiger partial charge in [0.2, 0.25) is 5.60 Å². The van der Waals surface area contributed by atoms with Gasteiger partial charge in [0, 0.05) is 34.3 Å². The summed E-state index contributed by atoms with van der Waals surface area (Å²) in [6.45, 7) is 2.26. The van der Waals surface area contributed by atoms with Crippen molar-refractivity contribution in [3.63, 3.8) is 0 Å². The number of halogens is 1. The second-order valence-corrected chi connectivity index (χ2v) is 9.14. The van der Waals surface area contributed by atoms with E-state index in [0.29, 0.717) is 11.4 Å². The Labute approximate surface area is 199 Å². The van der Waals surface area contributed by atoms with Crippen molar-refractivity contribution >= 4 is 38.8 Å². The van der Waals surface area contributed by atoms with E-state index in [-0.39, 0.29) is 18.8 Å². The number of carbonyl (C=O) groups excluding carboxylic acids is 2. The molecule has 2 aliphatic rings. The van der Waals surface area contributed by atoms with Crippen LogP contribution in [0.2, 0.25) is 0 Å². The average molecular weight is 511 g/mol. The van der Waals surface area contributed by atoms with Crippen molar-refractivity contribution in [2.24, 2.45) is 11.1 Å². The van der Waals surface area contributed by atoms with E-state index in [0.717, 1.165) is 10.8 Å². The molecule has 0 aliphatic carbocycles. The lowest BCUT2D eigenvalue weighted by molar-refractivity contribution is -0.202. The zero-order chi connectivity index (χ0) is 26.0.